The van der Waals surface area contributed by atoms with Gasteiger partial charge in [0.25, 0.3) is 5.91 Å². The fourth-order valence-corrected chi connectivity index (χ4v) is 4.80. The van der Waals surface area contributed by atoms with Gasteiger partial charge in [0, 0.05) is 30.2 Å². The summed E-state index contributed by atoms with van der Waals surface area (Å²) < 4.78 is 13.0. The number of ether oxygens (including phenoxy) is 2. The molecule has 0 aliphatic carbocycles. The highest BCUT2D eigenvalue weighted by Crippen LogP contribution is 2.33. The van der Waals surface area contributed by atoms with E-state index in [1.54, 1.807) is 23.1 Å². The zero-order chi connectivity index (χ0) is 22.8. The number of anilines is 1. The molecule has 0 fully saturated rings. The molecule has 0 atom stereocenters. The Morgan fingerprint density at radius 3 is 2.69 bits per heavy atom. The first-order valence-corrected chi connectivity index (χ1v) is 11.6. The normalized spacial score (nSPS) is 12.9. The second kappa shape index (κ2) is 9.20. The highest BCUT2D eigenvalue weighted by Gasteiger charge is 2.22. The van der Waals surface area contributed by atoms with Gasteiger partial charge < -0.3 is 19.7 Å². The lowest BCUT2D eigenvalue weighted by Crippen LogP contribution is -2.37. The Bertz CT molecular complexity index is 1150. The van der Waals surface area contributed by atoms with E-state index in [0.29, 0.717) is 47.7 Å². The molecule has 32 heavy (non-hydrogen) atoms. The third kappa shape index (κ3) is 4.57. The van der Waals surface area contributed by atoms with E-state index < -0.39 is 0 Å². The van der Waals surface area contributed by atoms with Crippen LogP contribution in [0.4, 0.5) is 5.69 Å². The van der Waals surface area contributed by atoms with Crippen LogP contribution in [0.15, 0.2) is 24.3 Å². The summed E-state index contributed by atoms with van der Waals surface area (Å²) in [5.74, 6) is 1.31. The second-order valence-corrected chi connectivity index (χ2v) is 9.25. The molecule has 1 N–H and O–H groups in total. The topological polar surface area (TPSA) is 85.7 Å². The molecule has 3 aromatic rings. The molecule has 0 spiro atoms. The number of benzene rings is 1. The molecule has 9 heteroatoms. The minimum Gasteiger partial charge on any atom is -0.486 e. The van der Waals surface area contributed by atoms with Crippen molar-refractivity contribution >= 4 is 39.1 Å². The molecule has 8 nitrogen and oxygen atoms in total. The van der Waals surface area contributed by atoms with Gasteiger partial charge in [0.1, 0.15) is 24.6 Å². The van der Waals surface area contributed by atoms with E-state index >= 15 is 0 Å². The maximum Gasteiger partial charge on any atom is 0.264 e. The van der Waals surface area contributed by atoms with Crippen molar-refractivity contribution in [1.29, 1.82) is 0 Å². The lowest BCUT2D eigenvalue weighted by atomic mass is 10.2. The highest BCUT2D eigenvalue weighted by atomic mass is 32.1. The highest BCUT2D eigenvalue weighted by molar-refractivity contribution is 7.20. The Morgan fingerprint density at radius 2 is 1.97 bits per heavy atom. The first kappa shape index (κ1) is 22.1. The summed E-state index contributed by atoms with van der Waals surface area (Å²) in [6.07, 6.45) is 0. The van der Waals surface area contributed by atoms with Crippen molar-refractivity contribution in [1.82, 2.24) is 14.7 Å². The Morgan fingerprint density at radius 1 is 1.22 bits per heavy atom. The number of carbonyl (C=O) groups excluding carboxylic acids is 2. The quantitative estimate of drug-likeness (QED) is 0.582. The average Bonchev–Trinajstić information content (AvgIpc) is 3.32. The maximum absolute atomic E-state index is 13.2. The van der Waals surface area contributed by atoms with Crippen LogP contribution < -0.4 is 14.8 Å². The van der Waals surface area contributed by atoms with Gasteiger partial charge in [-0.25, -0.2) is 0 Å². The number of hydrogen-bond acceptors (Lipinski definition) is 6. The molecular weight excluding hydrogens is 428 g/mol. The molecule has 0 saturated carbocycles. The van der Waals surface area contributed by atoms with Crippen LogP contribution in [-0.4, -0.2) is 52.8 Å². The molecule has 1 aromatic carbocycles. The molecule has 0 saturated heterocycles. The third-order valence-electron chi connectivity index (χ3n) is 5.19. The lowest BCUT2D eigenvalue weighted by Gasteiger charge is -2.21. The van der Waals surface area contributed by atoms with Gasteiger partial charge in [-0.15, -0.1) is 11.3 Å². The number of nitrogens with zero attached hydrogens (tertiary/aromatic N) is 3. The molecule has 0 radical (unpaired) electrons. The van der Waals surface area contributed by atoms with Crippen molar-refractivity contribution in [3.8, 4) is 11.5 Å². The fraction of sp³-hybridized carbons (Fsp3) is 0.435. The van der Waals surface area contributed by atoms with Gasteiger partial charge in [-0.2, -0.15) is 5.10 Å². The summed E-state index contributed by atoms with van der Waals surface area (Å²) in [4.78, 5) is 29.0. The zero-order valence-electron chi connectivity index (χ0n) is 18.8. The Kier molecular flexibility index (Phi) is 6.36. The van der Waals surface area contributed by atoms with Crippen molar-refractivity contribution in [3.63, 3.8) is 0 Å². The van der Waals surface area contributed by atoms with Crippen LogP contribution in [0.5, 0.6) is 11.5 Å². The fourth-order valence-electron chi connectivity index (χ4n) is 3.67. The molecule has 1 aliphatic rings. The molecule has 0 bridgehead atoms. The minimum absolute atomic E-state index is 0.0326. The summed E-state index contributed by atoms with van der Waals surface area (Å²) in [5.41, 5.74) is 1.52. The first-order chi connectivity index (χ1) is 15.4. The van der Waals surface area contributed by atoms with Crippen molar-refractivity contribution in [2.75, 3.05) is 31.6 Å². The van der Waals surface area contributed by atoms with Crippen LogP contribution in [0.25, 0.3) is 10.2 Å². The molecular formula is C23H28N4O4S. The number of nitrogens with one attached hydrogen (secondary N) is 1. The van der Waals surface area contributed by atoms with Crippen LogP contribution in [0.1, 0.15) is 36.1 Å². The SMILES string of the molecule is CCN(CC(=O)Nc1ccc2c(c1)OCCO2)C(=O)c1cc2c(C)nn(CC(C)C)c2s1. The van der Waals surface area contributed by atoms with E-state index in [0.717, 1.165) is 22.5 Å². The van der Waals surface area contributed by atoms with E-state index in [2.05, 4.69) is 24.3 Å². The van der Waals surface area contributed by atoms with Crippen molar-refractivity contribution in [2.45, 2.75) is 34.2 Å². The standard InChI is InChI=1S/C23H28N4O4S/c1-5-26(13-21(28)24-16-6-7-18-19(10-16)31-9-8-30-18)22(29)20-11-17-15(4)25-27(12-14(2)3)23(17)32-20/h6-7,10-11,14H,5,8-9,12-13H2,1-4H3,(H,24,28). The summed E-state index contributed by atoms with van der Waals surface area (Å²) in [7, 11) is 0. The predicted molar refractivity (Wildman–Crippen MR) is 125 cm³/mol. The van der Waals surface area contributed by atoms with Crippen LogP contribution in [0, 0.1) is 12.8 Å². The van der Waals surface area contributed by atoms with E-state index in [9.17, 15) is 9.59 Å². The van der Waals surface area contributed by atoms with Gasteiger partial charge in [-0.3, -0.25) is 14.3 Å². The summed E-state index contributed by atoms with van der Waals surface area (Å²) in [6.45, 7) is 10.3. The molecule has 170 valence electrons. The van der Waals surface area contributed by atoms with Crippen LogP contribution >= 0.6 is 11.3 Å². The van der Waals surface area contributed by atoms with Gasteiger partial charge in [0.15, 0.2) is 11.5 Å². The first-order valence-electron chi connectivity index (χ1n) is 10.8. The number of rotatable bonds is 7. The van der Waals surface area contributed by atoms with Crippen LogP contribution in [0.2, 0.25) is 0 Å². The second-order valence-electron chi connectivity index (χ2n) is 8.22. The number of fused-ring (bicyclic) bond motifs is 2. The summed E-state index contributed by atoms with van der Waals surface area (Å²) in [6, 6.07) is 7.16. The molecule has 3 heterocycles. The summed E-state index contributed by atoms with van der Waals surface area (Å²) in [5, 5.41) is 8.44. The van der Waals surface area contributed by atoms with Gasteiger partial charge >= 0.3 is 0 Å². The van der Waals surface area contributed by atoms with E-state index in [4.69, 9.17) is 9.47 Å². The van der Waals surface area contributed by atoms with Gasteiger partial charge in [0.2, 0.25) is 5.91 Å². The van der Waals surface area contributed by atoms with Crippen LogP contribution in [-0.2, 0) is 11.3 Å². The number of thiophene rings is 1. The van der Waals surface area contributed by atoms with Crippen molar-refractivity contribution < 1.29 is 19.1 Å². The zero-order valence-corrected chi connectivity index (χ0v) is 19.6. The Labute approximate surface area is 191 Å². The van der Waals surface area contributed by atoms with E-state index in [-0.39, 0.29) is 18.4 Å². The molecule has 1 aliphatic heterocycles. The monoisotopic (exact) mass is 456 g/mol. The Balaban J connectivity index is 1.46. The van der Waals surface area contributed by atoms with Crippen molar-refractivity contribution in [3.05, 3.63) is 34.8 Å². The van der Waals surface area contributed by atoms with Crippen molar-refractivity contribution in [2.24, 2.45) is 5.92 Å². The molecule has 4 rings (SSSR count). The molecule has 2 amide bonds. The number of likely N-dealkylation sites (N-methyl/N-ethyl adjacent to an activating group) is 1. The number of amides is 2. The largest absolute Gasteiger partial charge is 0.486 e. The van der Waals surface area contributed by atoms with Gasteiger partial charge in [-0.05, 0) is 38.0 Å². The molecule has 0 unspecified atom stereocenters. The number of aromatic nitrogens is 2. The lowest BCUT2D eigenvalue weighted by molar-refractivity contribution is -0.116. The van der Waals surface area contributed by atoms with Crippen LogP contribution in [0.3, 0.4) is 0 Å². The number of aryl methyl sites for hydroxylation is 1. The predicted octanol–water partition coefficient (Wildman–Crippen LogP) is 3.93. The molecule has 2 aromatic heterocycles. The van der Waals surface area contributed by atoms with E-state index in [1.807, 2.05) is 24.6 Å². The number of hydrogen-bond donors (Lipinski definition) is 1. The average molecular weight is 457 g/mol. The van der Waals surface area contributed by atoms with Gasteiger partial charge in [0.05, 0.1) is 10.6 Å². The maximum atomic E-state index is 13.2. The third-order valence-corrected chi connectivity index (χ3v) is 6.32. The summed E-state index contributed by atoms with van der Waals surface area (Å²) >= 11 is 1.43. The Hall–Kier alpha value is -3.07. The smallest absolute Gasteiger partial charge is 0.264 e. The van der Waals surface area contributed by atoms with Gasteiger partial charge in [-0.1, -0.05) is 13.8 Å². The van der Waals surface area contributed by atoms with E-state index in [1.165, 1.54) is 11.3 Å². The minimum atomic E-state index is -0.264. The number of carbonyl (C=O) groups is 2.